The van der Waals surface area contributed by atoms with Gasteiger partial charge in [0, 0.05) is 11.0 Å². The molecule has 1 aromatic rings. The normalized spacial score (nSPS) is 10.4. The van der Waals surface area contributed by atoms with Gasteiger partial charge in [-0.2, -0.15) is 0 Å². The number of methoxy groups -OCH3 is 1. The zero-order valence-corrected chi connectivity index (χ0v) is 12.5. The Hall–Kier alpha value is -1.76. The summed E-state index contributed by atoms with van der Waals surface area (Å²) < 4.78 is 4.94. The Morgan fingerprint density at radius 3 is 1.81 bits per heavy atom. The van der Waals surface area contributed by atoms with E-state index in [0.29, 0.717) is 29.4 Å². The summed E-state index contributed by atoms with van der Waals surface area (Å²) in [6.07, 6.45) is 1.30. The van der Waals surface area contributed by atoms with E-state index in [1.807, 2.05) is 0 Å². The number of aliphatic hydroxyl groups is 3. The molecule has 0 radical (unpaired) electrons. The molecule has 0 saturated heterocycles. The molecule has 0 amide bonds. The van der Waals surface area contributed by atoms with E-state index >= 15 is 0 Å². The molecule has 0 spiro atoms. The third-order valence-electron chi connectivity index (χ3n) is 3.07. The van der Waals surface area contributed by atoms with Crippen LogP contribution in [0.15, 0.2) is 12.1 Å². The average molecular weight is 298 g/mol. The highest BCUT2D eigenvalue weighted by Gasteiger charge is 2.20. The predicted octanol–water partition coefficient (Wildman–Crippen LogP) is 0.598. The van der Waals surface area contributed by atoms with E-state index in [2.05, 4.69) is 0 Å². The number of ether oxygens (including phenoxy) is 1. The van der Waals surface area contributed by atoms with Crippen molar-refractivity contribution in [3.05, 3.63) is 28.8 Å². The highest BCUT2D eigenvalue weighted by molar-refractivity contribution is 5.94. The molecule has 0 fully saturated rings. The minimum Gasteiger partial charge on any atom is -0.496 e. The van der Waals surface area contributed by atoms with Gasteiger partial charge < -0.3 is 20.1 Å². The van der Waals surface area contributed by atoms with Gasteiger partial charge in [0.05, 0.1) is 32.5 Å². The first-order valence-corrected chi connectivity index (χ1v) is 6.33. The van der Waals surface area contributed by atoms with Gasteiger partial charge in [-0.15, -0.1) is 0 Å². The van der Waals surface area contributed by atoms with Crippen molar-refractivity contribution >= 4 is 12.6 Å². The lowest BCUT2D eigenvalue weighted by atomic mass is 9.95. The average Bonchev–Trinajstić information content (AvgIpc) is 2.54. The number of aliphatic hydroxyl groups excluding tert-OH is 3. The largest absolute Gasteiger partial charge is 0.496 e. The van der Waals surface area contributed by atoms with Crippen LogP contribution in [0.3, 0.4) is 0 Å². The molecule has 3 N–H and O–H groups in total. The van der Waals surface area contributed by atoms with E-state index in [0.717, 1.165) is 5.56 Å². The summed E-state index contributed by atoms with van der Waals surface area (Å²) in [6.45, 7) is 2.84. The van der Waals surface area contributed by atoms with Crippen LogP contribution in [0.1, 0.15) is 33.2 Å². The van der Waals surface area contributed by atoms with Crippen LogP contribution in [0, 0.1) is 12.3 Å². The summed E-state index contributed by atoms with van der Waals surface area (Å²) in [4.78, 5) is 21.3. The summed E-state index contributed by atoms with van der Waals surface area (Å²) in [6, 6.07) is 3.42. The quantitative estimate of drug-likeness (QED) is 0.664. The summed E-state index contributed by atoms with van der Waals surface area (Å²) in [5.41, 5.74) is 0.782. The van der Waals surface area contributed by atoms with Crippen LogP contribution in [0.5, 0.6) is 5.75 Å². The molecule has 6 nitrogen and oxygen atoms in total. The molecular formula is C15H22O6. The van der Waals surface area contributed by atoms with Crippen molar-refractivity contribution in [2.75, 3.05) is 26.9 Å². The Morgan fingerprint density at radius 1 is 1.05 bits per heavy atom. The number of aldehydes is 2. The van der Waals surface area contributed by atoms with Crippen LogP contribution in [0.2, 0.25) is 0 Å². The number of benzene rings is 1. The van der Waals surface area contributed by atoms with Gasteiger partial charge in [-0.25, -0.2) is 0 Å². The van der Waals surface area contributed by atoms with Crippen molar-refractivity contribution in [1.29, 1.82) is 0 Å². The maximum atomic E-state index is 10.7. The molecule has 0 saturated carbocycles. The van der Waals surface area contributed by atoms with E-state index in [-0.39, 0.29) is 19.8 Å². The van der Waals surface area contributed by atoms with Gasteiger partial charge in [0.2, 0.25) is 0 Å². The third kappa shape index (κ3) is 5.26. The molecule has 0 bridgehead atoms. The van der Waals surface area contributed by atoms with Crippen molar-refractivity contribution in [2.45, 2.75) is 13.8 Å². The van der Waals surface area contributed by atoms with E-state index in [1.54, 1.807) is 26.0 Å². The molecular weight excluding hydrogens is 276 g/mol. The highest BCUT2D eigenvalue weighted by Crippen LogP contribution is 2.21. The van der Waals surface area contributed by atoms with Crippen molar-refractivity contribution in [2.24, 2.45) is 5.41 Å². The maximum Gasteiger partial charge on any atom is 0.154 e. The Balaban J connectivity index is 0.000000433. The second kappa shape index (κ2) is 9.23. The van der Waals surface area contributed by atoms with Crippen molar-refractivity contribution in [1.82, 2.24) is 0 Å². The van der Waals surface area contributed by atoms with Crippen LogP contribution in [-0.4, -0.2) is 54.8 Å². The van der Waals surface area contributed by atoms with Gasteiger partial charge >= 0.3 is 0 Å². The van der Waals surface area contributed by atoms with E-state index in [1.165, 1.54) is 7.11 Å². The molecule has 1 aromatic carbocycles. The van der Waals surface area contributed by atoms with Crippen molar-refractivity contribution in [3.63, 3.8) is 0 Å². The second-order valence-corrected chi connectivity index (χ2v) is 4.93. The lowest BCUT2D eigenvalue weighted by Gasteiger charge is -2.20. The van der Waals surface area contributed by atoms with Gasteiger partial charge in [0.1, 0.15) is 5.75 Å². The van der Waals surface area contributed by atoms with Gasteiger partial charge in [0.15, 0.2) is 12.6 Å². The zero-order chi connectivity index (χ0) is 16.5. The molecule has 0 atom stereocenters. The van der Waals surface area contributed by atoms with Gasteiger partial charge in [-0.05, 0) is 18.6 Å². The number of carbonyl (C=O) groups is 2. The number of aryl methyl sites for hydroxylation is 1. The first-order valence-electron chi connectivity index (χ1n) is 6.33. The molecule has 6 heteroatoms. The standard InChI is InChI=1S/C10H10O3.C5H12O3/c1-7-3-4-10(13-2)9(6-12)8(7)5-11;1-5(2-6,3-7)4-8/h3-6H,1-2H3;6-8H,2-4H2,1H3. The van der Waals surface area contributed by atoms with Crippen LogP contribution >= 0.6 is 0 Å². The number of hydrogen-bond donors (Lipinski definition) is 3. The zero-order valence-electron chi connectivity index (χ0n) is 12.5. The molecule has 0 heterocycles. The SMILES string of the molecule is CC(CO)(CO)CO.COc1ccc(C)c(C=O)c1C=O. The van der Waals surface area contributed by atoms with Crippen LogP contribution in [-0.2, 0) is 0 Å². The summed E-state index contributed by atoms with van der Waals surface area (Å²) in [5, 5.41) is 25.4. The fourth-order valence-electron chi connectivity index (χ4n) is 1.33. The van der Waals surface area contributed by atoms with Gasteiger partial charge in [0.25, 0.3) is 0 Å². The molecule has 118 valence electrons. The van der Waals surface area contributed by atoms with E-state index < -0.39 is 5.41 Å². The first kappa shape index (κ1) is 19.2. The van der Waals surface area contributed by atoms with Gasteiger partial charge in [-0.1, -0.05) is 13.0 Å². The fraction of sp³-hybridized carbons (Fsp3) is 0.467. The number of rotatable bonds is 6. The molecule has 0 aromatic heterocycles. The lowest BCUT2D eigenvalue weighted by molar-refractivity contribution is 0.0200. The Morgan fingerprint density at radius 2 is 1.52 bits per heavy atom. The summed E-state index contributed by atoms with van der Waals surface area (Å²) in [7, 11) is 1.46. The third-order valence-corrected chi connectivity index (χ3v) is 3.07. The Bertz CT molecular complexity index is 457. The Labute approximate surface area is 124 Å². The molecule has 21 heavy (non-hydrogen) atoms. The highest BCUT2D eigenvalue weighted by atomic mass is 16.5. The lowest BCUT2D eigenvalue weighted by Crippen LogP contribution is -2.29. The second-order valence-electron chi connectivity index (χ2n) is 4.93. The summed E-state index contributed by atoms with van der Waals surface area (Å²) in [5.74, 6) is 0.433. The minimum absolute atomic E-state index is 0.181. The van der Waals surface area contributed by atoms with E-state index in [9.17, 15) is 9.59 Å². The number of carbonyl (C=O) groups excluding carboxylic acids is 2. The summed E-state index contributed by atoms with van der Waals surface area (Å²) >= 11 is 0. The monoisotopic (exact) mass is 298 g/mol. The first-order chi connectivity index (χ1) is 9.92. The molecule has 0 aliphatic carbocycles. The molecule has 1 rings (SSSR count). The Kier molecular flexibility index (Phi) is 8.45. The number of hydrogen-bond acceptors (Lipinski definition) is 6. The van der Waals surface area contributed by atoms with Crippen molar-refractivity contribution < 1.29 is 29.6 Å². The maximum absolute atomic E-state index is 10.7. The van der Waals surface area contributed by atoms with Crippen LogP contribution in [0.4, 0.5) is 0 Å². The predicted molar refractivity (Wildman–Crippen MR) is 77.9 cm³/mol. The molecule has 0 aliphatic heterocycles. The molecule has 0 unspecified atom stereocenters. The molecule has 0 aliphatic rings. The van der Waals surface area contributed by atoms with Crippen LogP contribution in [0.25, 0.3) is 0 Å². The van der Waals surface area contributed by atoms with Crippen molar-refractivity contribution in [3.8, 4) is 5.75 Å². The minimum atomic E-state index is -0.708. The van der Waals surface area contributed by atoms with Gasteiger partial charge in [-0.3, -0.25) is 9.59 Å². The van der Waals surface area contributed by atoms with E-state index in [4.69, 9.17) is 20.1 Å². The van der Waals surface area contributed by atoms with Crippen LogP contribution < -0.4 is 4.74 Å². The topological polar surface area (TPSA) is 104 Å². The fourth-order valence-corrected chi connectivity index (χ4v) is 1.33. The smallest absolute Gasteiger partial charge is 0.154 e.